The van der Waals surface area contributed by atoms with Crippen LogP contribution in [0.25, 0.3) is 11.4 Å². The topological polar surface area (TPSA) is 43.6 Å². The second-order valence-corrected chi connectivity index (χ2v) is 7.90. The fourth-order valence-corrected chi connectivity index (χ4v) is 4.11. The van der Waals surface area contributed by atoms with Crippen molar-refractivity contribution < 1.29 is 0 Å². The molecular formula is C21H17BrN4S. The van der Waals surface area contributed by atoms with Crippen LogP contribution in [0.15, 0.2) is 88.8 Å². The quantitative estimate of drug-likeness (QED) is 0.377. The summed E-state index contributed by atoms with van der Waals surface area (Å²) in [5, 5.41) is 9.82. The minimum atomic E-state index is 0.721. The summed E-state index contributed by atoms with van der Waals surface area (Å²) in [5.41, 5.74) is 3.42. The first-order valence-corrected chi connectivity index (χ1v) is 10.3. The Morgan fingerprint density at radius 3 is 2.52 bits per heavy atom. The van der Waals surface area contributed by atoms with Gasteiger partial charge < -0.3 is 0 Å². The van der Waals surface area contributed by atoms with Crippen molar-refractivity contribution in [3.8, 4) is 11.4 Å². The lowest BCUT2D eigenvalue weighted by atomic mass is 10.2. The monoisotopic (exact) mass is 436 g/mol. The highest BCUT2D eigenvalue weighted by atomic mass is 79.9. The highest BCUT2D eigenvalue weighted by Gasteiger charge is 2.15. The van der Waals surface area contributed by atoms with Crippen molar-refractivity contribution in [3.05, 3.63) is 94.7 Å². The van der Waals surface area contributed by atoms with Crippen molar-refractivity contribution in [3.63, 3.8) is 0 Å². The Labute approximate surface area is 170 Å². The third-order valence-corrected chi connectivity index (χ3v) is 5.61. The average Bonchev–Trinajstić information content (AvgIpc) is 3.10. The number of benzene rings is 2. The van der Waals surface area contributed by atoms with Crippen LogP contribution in [0.1, 0.15) is 11.1 Å². The molecule has 0 N–H and O–H groups in total. The number of aromatic nitrogens is 4. The number of hydrogen-bond acceptors (Lipinski definition) is 4. The first-order valence-electron chi connectivity index (χ1n) is 8.54. The van der Waals surface area contributed by atoms with Crippen molar-refractivity contribution in [2.24, 2.45) is 0 Å². The van der Waals surface area contributed by atoms with Crippen molar-refractivity contribution in [1.82, 2.24) is 19.7 Å². The summed E-state index contributed by atoms with van der Waals surface area (Å²) in [4.78, 5) is 4.23. The Hall–Kier alpha value is -2.44. The number of hydrogen-bond donors (Lipinski definition) is 0. The van der Waals surface area contributed by atoms with E-state index in [1.807, 2.05) is 30.5 Å². The molecule has 0 aliphatic heterocycles. The van der Waals surface area contributed by atoms with Crippen LogP contribution in [0.2, 0.25) is 0 Å². The molecule has 0 atom stereocenters. The smallest absolute Gasteiger partial charge is 0.192 e. The maximum absolute atomic E-state index is 4.46. The van der Waals surface area contributed by atoms with Crippen molar-refractivity contribution >= 4 is 27.7 Å². The van der Waals surface area contributed by atoms with Gasteiger partial charge in [0.05, 0.1) is 6.54 Å². The largest absolute Gasteiger partial charge is 0.297 e. The Balaban J connectivity index is 1.65. The highest BCUT2D eigenvalue weighted by Crippen LogP contribution is 2.27. The number of halogens is 1. The minimum absolute atomic E-state index is 0.721. The lowest BCUT2D eigenvalue weighted by molar-refractivity contribution is 0.714. The second kappa shape index (κ2) is 8.50. The van der Waals surface area contributed by atoms with Gasteiger partial charge in [0.15, 0.2) is 11.0 Å². The van der Waals surface area contributed by atoms with Crippen LogP contribution < -0.4 is 0 Å². The molecule has 6 heteroatoms. The molecular weight excluding hydrogens is 420 g/mol. The highest BCUT2D eigenvalue weighted by molar-refractivity contribution is 9.10. The fourth-order valence-electron chi connectivity index (χ4n) is 2.79. The maximum Gasteiger partial charge on any atom is 0.192 e. The SMILES string of the molecule is Brc1cccc(CSc2nnc(-c3cccnc3)n2Cc2ccccc2)c1. The molecule has 134 valence electrons. The summed E-state index contributed by atoms with van der Waals surface area (Å²) in [6.45, 7) is 0.721. The standard InChI is InChI=1S/C21H17BrN4S/c22-19-10-4-8-17(12-19)15-27-21-25-24-20(18-9-5-11-23-13-18)26(21)14-16-6-2-1-3-7-16/h1-13H,14-15H2. The van der Waals surface area contributed by atoms with Crippen LogP contribution in [-0.4, -0.2) is 19.7 Å². The molecule has 27 heavy (non-hydrogen) atoms. The molecule has 0 radical (unpaired) electrons. The van der Waals surface area contributed by atoms with Crippen LogP contribution in [0.4, 0.5) is 0 Å². The van der Waals surface area contributed by atoms with Crippen molar-refractivity contribution in [2.75, 3.05) is 0 Å². The molecule has 2 aromatic heterocycles. The molecule has 0 unspecified atom stereocenters. The van der Waals surface area contributed by atoms with Gasteiger partial charge in [0.25, 0.3) is 0 Å². The Morgan fingerprint density at radius 1 is 0.889 bits per heavy atom. The molecule has 0 saturated carbocycles. The van der Waals surface area contributed by atoms with Crippen LogP contribution in [-0.2, 0) is 12.3 Å². The summed E-state index contributed by atoms with van der Waals surface area (Å²) in [6.07, 6.45) is 3.60. The van der Waals surface area contributed by atoms with Crippen molar-refractivity contribution in [2.45, 2.75) is 17.5 Å². The summed E-state index contributed by atoms with van der Waals surface area (Å²) >= 11 is 5.22. The molecule has 0 spiro atoms. The zero-order valence-corrected chi connectivity index (χ0v) is 16.9. The van der Waals surface area contributed by atoms with Gasteiger partial charge in [0.1, 0.15) is 0 Å². The van der Waals surface area contributed by atoms with Crippen LogP contribution >= 0.6 is 27.7 Å². The third kappa shape index (κ3) is 4.46. The van der Waals surface area contributed by atoms with Gasteiger partial charge in [-0.25, -0.2) is 0 Å². The predicted octanol–water partition coefficient (Wildman–Crippen LogP) is 5.44. The Bertz CT molecular complexity index is 1020. The van der Waals surface area contributed by atoms with Crippen LogP contribution in [0.5, 0.6) is 0 Å². The van der Waals surface area contributed by atoms with E-state index in [4.69, 9.17) is 0 Å². The number of nitrogens with zero attached hydrogens (tertiary/aromatic N) is 4. The molecule has 0 aliphatic carbocycles. The lowest BCUT2D eigenvalue weighted by Crippen LogP contribution is -2.04. The summed E-state index contributed by atoms with van der Waals surface area (Å²) in [6, 6.07) is 22.7. The molecule has 0 bridgehead atoms. The van der Waals surface area contributed by atoms with E-state index in [-0.39, 0.29) is 0 Å². The fraction of sp³-hybridized carbons (Fsp3) is 0.0952. The van der Waals surface area contributed by atoms with Gasteiger partial charge in [-0.1, -0.05) is 70.2 Å². The first-order chi connectivity index (χ1) is 13.3. The number of rotatable bonds is 6. The Kier molecular flexibility index (Phi) is 5.65. The van der Waals surface area contributed by atoms with Gasteiger partial charge in [0, 0.05) is 28.2 Å². The van der Waals surface area contributed by atoms with Gasteiger partial charge in [0.2, 0.25) is 0 Å². The minimum Gasteiger partial charge on any atom is -0.297 e. The van der Waals surface area contributed by atoms with Crippen LogP contribution in [0, 0.1) is 0 Å². The zero-order chi connectivity index (χ0) is 18.5. The van der Waals surface area contributed by atoms with Crippen molar-refractivity contribution in [1.29, 1.82) is 0 Å². The third-order valence-electron chi connectivity index (χ3n) is 4.08. The maximum atomic E-state index is 4.46. The first kappa shape index (κ1) is 17.9. The molecule has 2 heterocycles. The molecule has 4 aromatic rings. The zero-order valence-electron chi connectivity index (χ0n) is 14.5. The van der Waals surface area contributed by atoms with E-state index in [1.54, 1.807) is 18.0 Å². The van der Waals surface area contributed by atoms with E-state index >= 15 is 0 Å². The molecule has 4 rings (SSSR count). The van der Waals surface area contributed by atoms with E-state index in [0.29, 0.717) is 0 Å². The number of pyridine rings is 1. The second-order valence-electron chi connectivity index (χ2n) is 6.04. The Morgan fingerprint density at radius 2 is 1.74 bits per heavy atom. The lowest BCUT2D eigenvalue weighted by Gasteiger charge is -2.10. The predicted molar refractivity (Wildman–Crippen MR) is 112 cm³/mol. The molecule has 4 nitrogen and oxygen atoms in total. The summed E-state index contributed by atoms with van der Waals surface area (Å²) < 4.78 is 3.25. The number of thioether (sulfide) groups is 1. The van der Waals surface area contributed by atoms with E-state index < -0.39 is 0 Å². The normalized spacial score (nSPS) is 10.9. The summed E-state index contributed by atoms with van der Waals surface area (Å²) in [7, 11) is 0. The molecule has 0 fully saturated rings. The van der Waals surface area contributed by atoms with E-state index in [9.17, 15) is 0 Å². The molecule has 2 aromatic carbocycles. The van der Waals surface area contributed by atoms with E-state index in [0.717, 1.165) is 33.3 Å². The van der Waals surface area contributed by atoms with Gasteiger partial charge in [-0.15, -0.1) is 10.2 Å². The van der Waals surface area contributed by atoms with Crippen LogP contribution in [0.3, 0.4) is 0 Å². The summed E-state index contributed by atoms with van der Waals surface area (Å²) in [5.74, 6) is 1.67. The van der Waals surface area contributed by atoms with Gasteiger partial charge in [-0.2, -0.15) is 0 Å². The van der Waals surface area contributed by atoms with E-state index in [1.165, 1.54) is 11.1 Å². The van der Waals surface area contributed by atoms with Gasteiger partial charge >= 0.3 is 0 Å². The van der Waals surface area contributed by atoms with E-state index in [2.05, 4.69) is 78.1 Å². The molecule has 0 amide bonds. The molecule has 0 saturated heterocycles. The van der Waals surface area contributed by atoms with Gasteiger partial charge in [-0.3, -0.25) is 9.55 Å². The van der Waals surface area contributed by atoms with Gasteiger partial charge in [-0.05, 0) is 35.4 Å². The molecule has 0 aliphatic rings. The average molecular weight is 437 g/mol.